The molecule has 0 aromatic rings. The van der Waals surface area contributed by atoms with Gasteiger partial charge in [-0.3, -0.25) is 4.99 Å². The van der Waals surface area contributed by atoms with Crippen molar-refractivity contribution in [2.75, 3.05) is 20.1 Å². The van der Waals surface area contributed by atoms with Gasteiger partial charge in [0, 0.05) is 25.6 Å². The minimum atomic E-state index is -0.593. The highest BCUT2D eigenvalue weighted by Gasteiger charge is 2.35. The molecule has 5 nitrogen and oxygen atoms in total. The fourth-order valence-corrected chi connectivity index (χ4v) is 3.73. The molecule has 22 heavy (non-hydrogen) atoms. The molecule has 2 rings (SSSR count). The summed E-state index contributed by atoms with van der Waals surface area (Å²) in [7, 11) is 1.75. The van der Waals surface area contributed by atoms with E-state index >= 15 is 0 Å². The molecule has 0 heterocycles. The first kappa shape index (κ1) is 17.5. The van der Waals surface area contributed by atoms with Crippen molar-refractivity contribution in [3.05, 3.63) is 0 Å². The Hall–Kier alpha value is -0.810. The summed E-state index contributed by atoms with van der Waals surface area (Å²) in [6, 6.07) is 0. The van der Waals surface area contributed by atoms with Crippen molar-refractivity contribution in [2.24, 2.45) is 10.4 Å². The fourth-order valence-electron chi connectivity index (χ4n) is 3.73. The molecule has 2 atom stereocenters. The van der Waals surface area contributed by atoms with Gasteiger partial charge < -0.3 is 20.8 Å². The number of rotatable bonds is 4. The standard InChI is InChI=1S/C17H33N3O2/c1-16(9-7-4-8-14(16)21)12-19-15(18-2)20-13-17(22)10-5-3-6-11-17/h14,21-22H,3-13H2,1-2H3,(H2,18,19,20). The van der Waals surface area contributed by atoms with E-state index in [9.17, 15) is 10.2 Å². The van der Waals surface area contributed by atoms with E-state index in [1.165, 1.54) is 12.8 Å². The average Bonchev–Trinajstić information content (AvgIpc) is 2.51. The Morgan fingerprint density at radius 2 is 1.68 bits per heavy atom. The molecule has 5 heteroatoms. The number of aliphatic hydroxyl groups excluding tert-OH is 1. The van der Waals surface area contributed by atoms with E-state index in [4.69, 9.17) is 0 Å². The monoisotopic (exact) mass is 311 g/mol. The lowest BCUT2D eigenvalue weighted by Crippen LogP contribution is -2.51. The minimum absolute atomic E-state index is 0.0857. The zero-order valence-electron chi connectivity index (χ0n) is 14.2. The van der Waals surface area contributed by atoms with Gasteiger partial charge in [-0.2, -0.15) is 0 Å². The number of nitrogens with zero attached hydrogens (tertiary/aromatic N) is 1. The van der Waals surface area contributed by atoms with Crippen molar-refractivity contribution in [3.8, 4) is 0 Å². The van der Waals surface area contributed by atoms with Crippen molar-refractivity contribution in [1.29, 1.82) is 0 Å². The summed E-state index contributed by atoms with van der Waals surface area (Å²) in [5, 5.41) is 27.4. The van der Waals surface area contributed by atoms with Crippen LogP contribution in [0.2, 0.25) is 0 Å². The van der Waals surface area contributed by atoms with E-state index in [0.29, 0.717) is 13.1 Å². The number of hydrogen-bond donors (Lipinski definition) is 4. The van der Waals surface area contributed by atoms with E-state index in [-0.39, 0.29) is 11.5 Å². The highest BCUT2D eigenvalue weighted by molar-refractivity contribution is 5.79. The summed E-state index contributed by atoms with van der Waals surface area (Å²) in [5.41, 5.74) is -0.679. The quantitative estimate of drug-likeness (QED) is 0.471. The molecule has 128 valence electrons. The van der Waals surface area contributed by atoms with Gasteiger partial charge in [0.2, 0.25) is 0 Å². The molecule has 0 amide bonds. The van der Waals surface area contributed by atoms with Crippen molar-refractivity contribution < 1.29 is 10.2 Å². The van der Waals surface area contributed by atoms with Crippen LogP contribution in [0.15, 0.2) is 4.99 Å². The Morgan fingerprint density at radius 3 is 2.32 bits per heavy atom. The second-order valence-electron chi connectivity index (χ2n) is 7.48. The number of aliphatic hydroxyl groups is 2. The van der Waals surface area contributed by atoms with Gasteiger partial charge >= 0.3 is 0 Å². The molecule has 0 bridgehead atoms. The Bertz CT molecular complexity index is 380. The van der Waals surface area contributed by atoms with Crippen LogP contribution in [0.1, 0.15) is 64.7 Å². The molecule has 0 radical (unpaired) electrons. The van der Waals surface area contributed by atoms with Crippen molar-refractivity contribution >= 4 is 5.96 Å². The van der Waals surface area contributed by atoms with Crippen LogP contribution in [-0.4, -0.2) is 48.0 Å². The Labute approximate surface area is 134 Å². The smallest absolute Gasteiger partial charge is 0.191 e. The van der Waals surface area contributed by atoms with Gasteiger partial charge in [0.1, 0.15) is 0 Å². The summed E-state index contributed by atoms with van der Waals surface area (Å²) in [5.74, 6) is 0.720. The summed E-state index contributed by atoms with van der Waals surface area (Å²) < 4.78 is 0. The summed E-state index contributed by atoms with van der Waals surface area (Å²) >= 11 is 0. The highest BCUT2D eigenvalue weighted by atomic mass is 16.3. The lowest BCUT2D eigenvalue weighted by atomic mass is 9.73. The zero-order valence-corrected chi connectivity index (χ0v) is 14.2. The van der Waals surface area contributed by atoms with Gasteiger partial charge in [-0.25, -0.2) is 0 Å². The maximum absolute atomic E-state index is 10.5. The molecule has 0 saturated heterocycles. The molecule has 2 aliphatic rings. The summed E-state index contributed by atoms with van der Waals surface area (Å²) in [6.45, 7) is 3.41. The van der Waals surface area contributed by atoms with Crippen LogP contribution in [0, 0.1) is 5.41 Å². The van der Waals surface area contributed by atoms with Crippen molar-refractivity contribution in [1.82, 2.24) is 10.6 Å². The van der Waals surface area contributed by atoms with Crippen LogP contribution in [0.4, 0.5) is 0 Å². The first-order chi connectivity index (χ1) is 10.5. The Kier molecular flexibility index (Phi) is 6.09. The van der Waals surface area contributed by atoms with Gasteiger partial charge in [-0.15, -0.1) is 0 Å². The third-order valence-electron chi connectivity index (χ3n) is 5.53. The van der Waals surface area contributed by atoms with E-state index in [2.05, 4.69) is 22.5 Å². The number of hydrogen-bond acceptors (Lipinski definition) is 3. The minimum Gasteiger partial charge on any atom is -0.392 e. The van der Waals surface area contributed by atoms with Gasteiger partial charge in [0.25, 0.3) is 0 Å². The van der Waals surface area contributed by atoms with Gasteiger partial charge in [0.05, 0.1) is 11.7 Å². The van der Waals surface area contributed by atoms with Crippen LogP contribution in [0.3, 0.4) is 0 Å². The average molecular weight is 311 g/mol. The second kappa shape index (κ2) is 7.64. The van der Waals surface area contributed by atoms with E-state index < -0.39 is 5.60 Å². The molecule has 0 spiro atoms. The van der Waals surface area contributed by atoms with Crippen LogP contribution in [-0.2, 0) is 0 Å². The molecule has 0 aromatic carbocycles. The molecule has 2 saturated carbocycles. The molecule has 4 N–H and O–H groups in total. The lowest BCUT2D eigenvalue weighted by molar-refractivity contribution is 0.00268. The van der Waals surface area contributed by atoms with Gasteiger partial charge in [0.15, 0.2) is 5.96 Å². The SMILES string of the molecule is CN=C(NCC1(O)CCCCC1)NCC1(C)CCCCC1O. The maximum Gasteiger partial charge on any atom is 0.191 e. The van der Waals surface area contributed by atoms with Gasteiger partial charge in [-0.1, -0.05) is 39.0 Å². The molecule has 2 unspecified atom stereocenters. The normalized spacial score (nSPS) is 32.5. The third kappa shape index (κ3) is 4.59. The first-order valence-corrected chi connectivity index (χ1v) is 8.82. The number of aliphatic imine (C=N–C) groups is 1. The maximum atomic E-state index is 10.5. The number of nitrogens with one attached hydrogen (secondary N) is 2. The number of guanidine groups is 1. The molecule has 2 aliphatic carbocycles. The molecule has 0 aliphatic heterocycles. The van der Waals surface area contributed by atoms with Crippen molar-refractivity contribution in [3.63, 3.8) is 0 Å². The topological polar surface area (TPSA) is 76.9 Å². The van der Waals surface area contributed by atoms with Crippen LogP contribution in [0.5, 0.6) is 0 Å². The highest BCUT2D eigenvalue weighted by Crippen LogP contribution is 2.35. The second-order valence-corrected chi connectivity index (χ2v) is 7.48. The predicted octanol–water partition coefficient (Wildman–Crippen LogP) is 1.79. The zero-order chi connectivity index (χ0) is 16.1. The van der Waals surface area contributed by atoms with Crippen LogP contribution in [0.25, 0.3) is 0 Å². The van der Waals surface area contributed by atoms with Crippen LogP contribution < -0.4 is 10.6 Å². The Morgan fingerprint density at radius 1 is 1.05 bits per heavy atom. The van der Waals surface area contributed by atoms with Gasteiger partial charge in [-0.05, 0) is 25.7 Å². The van der Waals surface area contributed by atoms with E-state index in [1.54, 1.807) is 7.05 Å². The Balaban J connectivity index is 1.80. The summed E-state index contributed by atoms with van der Waals surface area (Å²) in [6.07, 6.45) is 9.17. The first-order valence-electron chi connectivity index (χ1n) is 8.82. The third-order valence-corrected chi connectivity index (χ3v) is 5.53. The molecule has 0 aromatic heterocycles. The van der Waals surface area contributed by atoms with Crippen LogP contribution >= 0.6 is 0 Å². The molecule has 2 fully saturated rings. The van der Waals surface area contributed by atoms with Crippen molar-refractivity contribution in [2.45, 2.75) is 76.4 Å². The fraction of sp³-hybridized carbons (Fsp3) is 0.941. The largest absolute Gasteiger partial charge is 0.392 e. The lowest BCUT2D eigenvalue weighted by Gasteiger charge is -2.39. The summed E-state index contributed by atoms with van der Waals surface area (Å²) in [4.78, 5) is 4.25. The van der Waals surface area contributed by atoms with E-state index in [1.807, 2.05) is 0 Å². The van der Waals surface area contributed by atoms with E-state index in [0.717, 1.165) is 50.9 Å². The molecular weight excluding hydrogens is 278 g/mol. The predicted molar refractivity (Wildman–Crippen MR) is 90.0 cm³/mol. The molecular formula is C17H33N3O2.